The fraction of sp³-hybridized carbons (Fsp3) is 0.133. The van der Waals surface area contributed by atoms with E-state index in [9.17, 15) is 9.90 Å². The lowest BCUT2D eigenvalue weighted by molar-refractivity contribution is -0.119. The molecule has 0 aliphatic heterocycles. The van der Waals surface area contributed by atoms with Crippen molar-refractivity contribution in [1.29, 1.82) is 0 Å². The van der Waals surface area contributed by atoms with Crippen LogP contribution < -0.4 is 16.2 Å². The van der Waals surface area contributed by atoms with Gasteiger partial charge in [0, 0.05) is 0 Å². The first kappa shape index (κ1) is 18.5. The summed E-state index contributed by atoms with van der Waals surface area (Å²) < 4.78 is 6.63. The van der Waals surface area contributed by atoms with Gasteiger partial charge >= 0.3 is 0 Å². The molecule has 118 valence electrons. The average molecular weight is 435 g/mol. The molecule has 0 aliphatic carbocycles. The van der Waals surface area contributed by atoms with Crippen LogP contribution in [0.15, 0.2) is 42.5 Å². The molecule has 0 saturated heterocycles. The molecule has 1 atom stereocenters. The SMILES string of the molecule is Cl.NC(=O)[C@@H](N)Cc1ccc(Oc2ccc(O)cc2)c(I)c1. The van der Waals surface area contributed by atoms with E-state index < -0.39 is 11.9 Å². The summed E-state index contributed by atoms with van der Waals surface area (Å²) in [6, 6.07) is 11.4. The van der Waals surface area contributed by atoms with Crippen LogP contribution in [0.1, 0.15) is 5.56 Å². The Morgan fingerprint density at radius 1 is 1.23 bits per heavy atom. The van der Waals surface area contributed by atoms with Crippen molar-refractivity contribution < 1.29 is 14.6 Å². The van der Waals surface area contributed by atoms with Crippen molar-refractivity contribution in [2.45, 2.75) is 12.5 Å². The number of phenols is 1. The van der Waals surface area contributed by atoms with Crippen LogP contribution in [0.3, 0.4) is 0 Å². The van der Waals surface area contributed by atoms with Crippen LogP contribution in [0.2, 0.25) is 0 Å². The van der Waals surface area contributed by atoms with E-state index in [1.54, 1.807) is 24.3 Å². The molecule has 0 heterocycles. The predicted molar refractivity (Wildman–Crippen MR) is 95.5 cm³/mol. The molecule has 0 saturated carbocycles. The lowest BCUT2D eigenvalue weighted by Crippen LogP contribution is -2.38. The second kappa shape index (κ2) is 8.21. The third-order valence-corrected chi connectivity index (χ3v) is 3.72. The number of rotatable bonds is 5. The van der Waals surface area contributed by atoms with Crippen molar-refractivity contribution in [2.24, 2.45) is 11.5 Å². The van der Waals surface area contributed by atoms with Crippen molar-refractivity contribution in [2.75, 3.05) is 0 Å². The molecule has 2 aromatic carbocycles. The summed E-state index contributed by atoms with van der Waals surface area (Å²) in [4.78, 5) is 11.0. The molecular formula is C15H16ClIN2O3. The number of amides is 1. The molecule has 5 N–H and O–H groups in total. The molecule has 5 nitrogen and oxygen atoms in total. The second-order valence-corrected chi connectivity index (χ2v) is 5.74. The molecule has 0 fully saturated rings. The van der Waals surface area contributed by atoms with E-state index in [0.717, 1.165) is 9.13 Å². The third kappa shape index (κ3) is 5.04. The Labute approximate surface area is 148 Å². The number of carbonyl (C=O) groups excluding carboxylic acids is 1. The van der Waals surface area contributed by atoms with Crippen LogP contribution in [0.5, 0.6) is 17.2 Å². The minimum absolute atomic E-state index is 0. The van der Waals surface area contributed by atoms with Crippen LogP contribution >= 0.6 is 35.0 Å². The summed E-state index contributed by atoms with van der Waals surface area (Å²) in [5.41, 5.74) is 11.7. The first-order valence-corrected chi connectivity index (χ1v) is 7.34. The van der Waals surface area contributed by atoms with Crippen LogP contribution in [-0.4, -0.2) is 17.1 Å². The summed E-state index contributed by atoms with van der Waals surface area (Å²) in [6.07, 6.45) is 0.394. The summed E-state index contributed by atoms with van der Waals surface area (Å²) in [6.45, 7) is 0. The molecule has 2 aromatic rings. The van der Waals surface area contributed by atoms with Gasteiger partial charge in [-0.05, 0) is 71.0 Å². The lowest BCUT2D eigenvalue weighted by atomic mass is 10.1. The van der Waals surface area contributed by atoms with E-state index in [4.69, 9.17) is 16.2 Å². The Morgan fingerprint density at radius 3 is 2.41 bits per heavy atom. The zero-order valence-electron chi connectivity index (χ0n) is 11.5. The van der Waals surface area contributed by atoms with Crippen LogP contribution in [-0.2, 0) is 11.2 Å². The Kier molecular flexibility index (Phi) is 6.92. The molecule has 0 radical (unpaired) electrons. The summed E-state index contributed by atoms with van der Waals surface area (Å²) in [7, 11) is 0. The Hall–Kier alpha value is -1.51. The number of carbonyl (C=O) groups is 1. The second-order valence-electron chi connectivity index (χ2n) is 4.57. The Bertz CT molecular complexity index is 650. The van der Waals surface area contributed by atoms with E-state index in [0.29, 0.717) is 17.9 Å². The number of ether oxygens (including phenoxy) is 1. The molecule has 0 aliphatic rings. The highest BCUT2D eigenvalue weighted by atomic mass is 127. The predicted octanol–water partition coefficient (Wildman–Crippen LogP) is 2.57. The highest BCUT2D eigenvalue weighted by Gasteiger charge is 2.11. The van der Waals surface area contributed by atoms with Gasteiger partial charge in [0.1, 0.15) is 17.2 Å². The third-order valence-electron chi connectivity index (χ3n) is 2.88. The first-order chi connectivity index (χ1) is 9.95. The quantitative estimate of drug-likeness (QED) is 0.630. The lowest BCUT2D eigenvalue weighted by Gasteiger charge is -2.11. The van der Waals surface area contributed by atoms with Gasteiger partial charge in [-0.25, -0.2) is 0 Å². The van der Waals surface area contributed by atoms with E-state index in [-0.39, 0.29) is 18.2 Å². The maximum Gasteiger partial charge on any atom is 0.234 e. The van der Waals surface area contributed by atoms with Crippen molar-refractivity contribution >= 4 is 40.9 Å². The summed E-state index contributed by atoms with van der Waals surface area (Å²) in [5.74, 6) is 0.993. The molecular weight excluding hydrogens is 419 g/mol. The van der Waals surface area contributed by atoms with Crippen molar-refractivity contribution in [3.05, 3.63) is 51.6 Å². The Balaban J connectivity index is 0.00000242. The maximum absolute atomic E-state index is 11.0. The zero-order valence-corrected chi connectivity index (χ0v) is 14.5. The molecule has 0 aromatic heterocycles. The minimum atomic E-state index is -0.690. The van der Waals surface area contributed by atoms with Crippen molar-refractivity contribution in [3.63, 3.8) is 0 Å². The highest BCUT2D eigenvalue weighted by Crippen LogP contribution is 2.28. The van der Waals surface area contributed by atoms with Gasteiger partial charge in [-0.1, -0.05) is 6.07 Å². The van der Waals surface area contributed by atoms with Gasteiger partial charge in [-0.3, -0.25) is 4.79 Å². The fourth-order valence-electron chi connectivity index (χ4n) is 1.75. The van der Waals surface area contributed by atoms with E-state index in [1.807, 2.05) is 18.2 Å². The van der Waals surface area contributed by atoms with Gasteiger partial charge in [-0.15, -0.1) is 12.4 Å². The van der Waals surface area contributed by atoms with E-state index in [2.05, 4.69) is 22.6 Å². The number of aromatic hydroxyl groups is 1. The average Bonchev–Trinajstić information content (AvgIpc) is 2.44. The van der Waals surface area contributed by atoms with Gasteiger partial charge in [-0.2, -0.15) is 0 Å². The van der Waals surface area contributed by atoms with Gasteiger partial charge in [0.2, 0.25) is 5.91 Å². The van der Waals surface area contributed by atoms with Crippen LogP contribution in [0, 0.1) is 3.57 Å². The number of hydrogen-bond acceptors (Lipinski definition) is 4. The summed E-state index contributed by atoms with van der Waals surface area (Å²) in [5, 5.41) is 9.24. The molecule has 2 rings (SSSR count). The largest absolute Gasteiger partial charge is 0.508 e. The van der Waals surface area contributed by atoms with Gasteiger partial charge in [0.05, 0.1) is 9.61 Å². The monoisotopic (exact) mass is 434 g/mol. The highest BCUT2D eigenvalue weighted by molar-refractivity contribution is 14.1. The van der Waals surface area contributed by atoms with E-state index >= 15 is 0 Å². The van der Waals surface area contributed by atoms with E-state index in [1.165, 1.54) is 0 Å². The Morgan fingerprint density at radius 2 is 1.86 bits per heavy atom. The molecule has 1 amide bonds. The molecule has 7 heteroatoms. The number of benzene rings is 2. The fourth-order valence-corrected chi connectivity index (χ4v) is 2.44. The standard InChI is InChI=1S/C15H15IN2O3.ClH/c16-12-7-9(8-13(17)15(18)20)1-6-14(12)21-11-4-2-10(19)3-5-11;/h1-7,13,19H,8,17H2,(H2,18,20);1H/t13-;/m0./s1. The number of phenolic OH excluding ortho intramolecular Hbond substituents is 1. The maximum atomic E-state index is 11.0. The molecule has 22 heavy (non-hydrogen) atoms. The zero-order chi connectivity index (χ0) is 15.4. The minimum Gasteiger partial charge on any atom is -0.508 e. The van der Waals surface area contributed by atoms with Gasteiger partial charge < -0.3 is 21.3 Å². The number of primary amides is 1. The van der Waals surface area contributed by atoms with Gasteiger partial charge in [0.15, 0.2) is 0 Å². The number of hydrogen-bond donors (Lipinski definition) is 3. The van der Waals surface area contributed by atoms with Crippen molar-refractivity contribution in [3.8, 4) is 17.2 Å². The van der Waals surface area contributed by atoms with Crippen molar-refractivity contribution in [1.82, 2.24) is 0 Å². The first-order valence-electron chi connectivity index (χ1n) is 6.26. The normalized spacial score (nSPS) is 11.4. The molecule has 0 unspecified atom stereocenters. The summed E-state index contributed by atoms with van der Waals surface area (Å²) >= 11 is 2.15. The smallest absolute Gasteiger partial charge is 0.234 e. The van der Waals surface area contributed by atoms with Gasteiger partial charge in [0.25, 0.3) is 0 Å². The van der Waals surface area contributed by atoms with Crippen LogP contribution in [0.4, 0.5) is 0 Å². The molecule has 0 spiro atoms. The molecule has 0 bridgehead atoms. The number of nitrogens with two attached hydrogens (primary N) is 2. The number of halogens is 2. The van der Waals surface area contributed by atoms with Crippen LogP contribution in [0.25, 0.3) is 0 Å². The topological polar surface area (TPSA) is 98.6 Å².